The molecule has 2 N–H and O–H groups in total. The number of carbonyl (C=O) groups excluding carboxylic acids is 2. The lowest BCUT2D eigenvalue weighted by atomic mass is 10.0. The highest BCUT2D eigenvalue weighted by Crippen LogP contribution is 2.43. The van der Waals surface area contributed by atoms with Crippen LogP contribution in [-0.4, -0.2) is 74.3 Å². The van der Waals surface area contributed by atoms with Crippen LogP contribution in [-0.2, 0) is 27.9 Å². The molecular weight excluding hydrogens is 880 g/mol. The van der Waals surface area contributed by atoms with Crippen molar-refractivity contribution in [3.63, 3.8) is 0 Å². The number of nitrogens with zero attached hydrogens (tertiary/aromatic N) is 1. The Labute approximate surface area is 427 Å². The minimum absolute atomic E-state index is 0.0384. The number of phosphoric acid groups is 1. The normalized spacial score (nSPS) is 14.1. The van der Waals surface area contributed by atoms with Crippen LogP contribution in [0.5, 0.6) is 0 Å². The average molecular weight is 993 g/mol. The van der Waals surface area contributed by atoms with Crippen molar-refractivity contribution in [1.29, 1.82) is 0 Å². The van der Waals surface area contributed by atoms with Gasteiger partial charge in [-0.15, -0.1) is 0 Å². The molecule has 0 rings (SSSR count). The van der Waals surface area contributed by atoms with Crippen molar-refractivity contribution in [1.82, 2.24) is 5.32 Å². The number of carbonyl (C=O) groups is 2. The van der Waals surface area contributed by atoms with Gasteiger partial charge in [0.25, 0.3) is 0 Å². The summed E-state index contributed by atoms with van der Waals surface area (Å²) >= 11 is 0. The number of unbranched alkanes of at least 4 members (excludes halogenated alkanes) is 30. The number of quaternary nitrogens is 1. The topological polar surface area (TPSA) is 111 Å². The predicted octanol–water partition coefficient (Wildman–Crippen LogP) is 17.3. The first-order chi connectivity index (χ1) is 33.4. The van der Waals surface area contributed by atoms with E-state index in [0.29, 0.717) is 17.4 Å². The zero-order chi connectivity index (χ0) is 50.8. The van der Waals surface area contributed by atoms with Gasteiger partial charge >= 0.3 is 13.8 Å². The maximum atomic E-state index is 13.4. The number of hydrogen-bond donors (Lipinski definition) is 2. The van der Waals surface area contributed by atoms with Crippen LogP contribution in [0.25, 0.3) is 0 Å². The predicted molar refractivity (Wildman–Crippen MR) is 295 cm³/mol. The van der Waals surface area contributed by atoms with Gasteiger partial charge in [0.1, 0.15) is 19.3 Å². The second kappa shape index (κ2) is 49.5. The second-order valence-corrected chi connectivity index (χ2v) is 22.3. The van der Waals surface area contributed by atoms with Crippen molar-refractivity contribution in [2.75, 3.05) is 40.9 Å². The molecule has 0 aromatic rings. The van der Waals surface area contributed by atoms with Crippen LogP contribution < -0.4 is 5.32 Å². The van der Waals surface area contributed by atoms with Crippen LogP contribution in [0.15, 0.2) is 48.6 Å². The minimum atomic E-state index is -4.44. The zero-order valence-corrected chi connectivity index (χ0v) is 47.0. The first kappa shape index (κ1) is 67.0. The Hall–Kier alpha value is -2.03. The Morgan fingerprint density at radius 2 is 0.899 bits per heavy atom. The number of nitrogens with one attached hydrogen (secondary N) is 1. The molecule has 404 valence electrons. The molecule has 0 fully saturated rings. The van der Waals surface area contributed by atoms with Gasteiger partial charge in [0.05, 0.1) is 33.8 Å². The van der Waals surface area contributed by atoms with E-state index in [-0.39, 0.29) is 31.5 Å². The van der Waals surface area contributed by atoms with Gasteiger partial charge in [-0.2, -0.15) is 0 Å². The van der Waals surface area contributed by atoms with Gasteiger partial charge in [-0.1, -0.05) is 217 Å². The molecule has 3 unspecified atom stereocenters. The van der Waals surface area contributed by atoms with Gasteiger partial charge in [0, 0.05) is 12.8 Å². The summed E-state index contributed by atoms with van der Waals surface area (Å²) in [5.41, 5.74) is 0. The molecule has 0 saturated carbocycles. The number of ether oxygens (including phenoxy) is 1. The van der Waals surface area contributed by atoms with E-state index in [1.54, 1.807) is 0 Å². The fourth-order valence-electron chi connectivity index (χ4n) is 8.19. The standard InChI is InChI=1S/C59H111N2O7P/c1-7-10-13-16-19-22-25-26-27-28-29-30-31-32-33-34-37-40-43-46-49-52-59(63)68-57(50-47-44-41-38-35-23-20-17-14-11-8-2)56(55-67-69(64,65)66-54-53-61(4,5)6)60-58(62)51-48-45-42-39-36-24-21-18-15-12-9-3/h18-19,21-22,26-27,47,50,56-57H,7-17,20,23-25,28-46,48-49,51-55H2,1-6H3,(H-,60,62,64,65)/p+1/b21-18-,22-19-,27-26-,50-47-. The van der Waals surface area contributed by atoms with Crippen molar-refractivity contribution < 1.29 is 37.3 Å². The van der Waals surface area contributed by atoms with Gasteiger partial charge in [-0.25, -0.2) is 4.57 Å². The van der Waals surface area contributed by atoms with Crippen LogP contribution in [0.3, 0.4) is 0 Å². The molecule has 0 saturated heterocycles. The smallest absolute Gasteiger partial charge is 0.456 e. The summed E-state index contributed by atoms with van der Waals surface area (Å²) in [6.07, 6.45) is 59.7. The molecule has 0 aliphatic carbocycles. The molecule has 0 aliphatic heterocycles. The monoisotopic (exact) mass is 992 g/mol. The number of esters is 1. The number of allylic oxidation sites excluding steroid dienone is 7. The summed E-state index contributed by atoms with van der Waals surface area (Å²) in [4.78, 5) is 37.5. The number of likely N-dealkylation sites (N-methyl/N-ethyl adjacent to an activating group) is 1. The highest BCUT2D eigenvalue weighted by Gasteiger charge is 2.30. The number of phosphoric ester groups is 1. The molecule has 9 nitrogen and oxygen atoms in total. The van der Waals surface area contributed by atoms with Gasteiger partial charge in [-0.3, -0.25) is 18.6 Å². The average Bonchev–Trinajstić information content (AvgIpc) is 3.31. The van der Waals surface area contributed by atoms with E-state index in [1.165, 1.54) is 141 Å². The molecule has 0 aliphatic rings. The summed E-state index contributed by atoms with van der Waals surface area (Å²) in [6, 6.07) is -0.850. The van der Waals surface area contributed by atoms with Gasteiger partial charge < -0.3 is 19.4 Å². The molecule has 1 amide bonds. The van der Waals surface area contributed by atoms with Crippen molar-refractivity contribution >= 4 is 19.7 Å². The highest BCUT2D eigenvalue weighted by atomic mass is 31.2. The third-order valence-corrected chi connectivity index (χ3v) is 13.7. The quantitative estimate of drug-likeness (QED) is 0.0205. The van der Waals surface area contributed by atoms with E-state index in [2.05, 4.69) is 62.5 Å². The molecule has 10 heteroatoms. The second-order valence-electron chi connectivity index (χ2n) is 20.8. The summed E-state index contributed by atoms with van der Waals surface area (Å²) in [6.45, 7) is 6.94. The Kier molecular flexibility index (Phi) is 48.1. The summed E-state index contributed by atoms with van der Waals surface area (Å²) < 4.78 is 30.6. The maximum absolute atomic E-state index is 13.4. The Morgan fingerprint density at radius 1 is 0.507 bits per heavy atom. The largest absolute Gasteiger partial charge is 0.472 e. The lowest BCUT2D eigenvalue weighted by Crippen LogP contribution is -2.47. The molecule has 3 atom stereocenters. The van der Waals surface area contributed by atoms with E-state index in [0.717, 1.165) is 89.9 Å². The summed E-state index contributed by atoms with van der Waals surface area (Å²) in [7, 11) is 1.49. The lowest BCUT2D eigenvalue weighted by Gasteiger charge is -2.27. The first-order valence-electron chi connectivity index (χ1n) is 29.0. The van der Waals surface area contributed by atoms with E-state index in [9.17, 15) is 19.0 Å². The molecule has 0 spiro atoms. The molecule has 0 heterocycles. The maximum Gasteiger partial charge on any atom is 0.472 e. The number of hydrogen-bond acceptors (Lipinski definition) is 6. The lowest BCUT2D eigenvalue weighted by molar-refractivity contribution is -0.870. The summed E-state index contributed by atoms with van der Waals surface area (Å²) in [5, 5.41) is 3.04. The van der Waals surface area contributed by atoms with E-state index < -0.39 is 20.0 Å². The molecule has 0 aromatic heterocycles. The first-order valence-corrected chi connectivity index (χ1v) is 30.5. The van der Waals surface area contributed by atoms with Crippen LogP contribution in [0.1, 0.15) is 265 Å². The SMILES string of the molecule is CCCC/C=C\CCCCCCCC(=O)NC(COP(=O)(O)OCC[N+](C)(C)C)C(/C=C\CCCCCCCCCCC)OC(=O)CCCCCCCCCCCCC/C=C\C/C=C\CCCCC. The number of amides is 1. The Balaban J connectivity index is 5.19. The third kappa shape index (κ3) is 50.7. The zero-order valence-electron chi connectivity index (χ0n) is 46.1. The van der Waals surface area contributed by atoms with Crippen LogP contribution in [0, 0.1) is 0 Å². The molecule has 69 heavy (non-hydrogen) atoms. The van der Waals surface area contributed by atoms with Gasteiger partial charge in [0.15, 0.2) is 0 Å². The summed E-state index contributed by atoms with van der Waals surface area (Å²) in [5.74, 6) is -0.516. The van der Waals surface area contributed by atoms with E-state index in [1.807, 2.05) is 33.3 Å². The van der Waals surface area contributed by atoms with Crippen LogP contribution in [0.4, 0.5) is 0 Å². The third-order valence-electron chi connectivity index (χ3n) is 12.7. The fraction of sp³-hybridized carbons (Fsp3) is 0.831. The molecule has 0 aromatic carbocycles. The fourth-order valence-corrected chi connectivity index (χ4v) is 8.92. The Morgan fingerprint density at radius 3 is 1.39 bits per heavy atom. The van der Waals surface area contributed by atoms with Crippen molar-refractivity contribution in [2.24, 2.45) is 0 Å². The van der Waals surface area contributed by atoms with E-state index >= 15 is 0 Å². The molecular formula is C59H112N2O7P+. The van der Waals surface area contributed by atoms with Crippen molar-refractivity contribution in [3.8, 4) is 0 Å². The Bertz CT molecular complexity index is 1330. The van der Waals surface area contributed by atoms with Gasteiger partial charge in [-0.05, 0) is 83.1 Å². The van der Waals surface area contributed by atoms with Crippen LogP contribution >= 0.6 is 7.82 Å². The number of rotatable bonds is 52. The van der Waals surface area contributed by atoms with Gasteiger partial charge in [0.2, 0.25) is 5.91 Å². The highest BCUT2D eigenvalue weighted by molar-refractivity contribution is 7.47. The van der Waals surface area contributed by atoms with Crippen molar-refractivity contribution in [3.05, 3.63) is 48.6 Å². The molecule has 0 radical (unpaired) electrons. The van der Waals surface area contributed by atoms with Crippen molar-refractivity contribution in [2.45, 2.75) is 277 Å². The van der Waals surface area contributed by atoms with Crippen LogP contribution in [0.2, 0.25) is 0 Å². The van der Waals surface area contributed by atoms with E-state index in [4.69, 9.17) is 13.8 Å². The molecule has 0 bridgehead atoms. The minimum Gasteiger partial charge on any atom is -0.456 e.